The highest BCUT2D eigenvalue weighted by Crippen LogP contribution is 2.25. The van der Waals surface area contributed by atoms with Crippen molar-refractivity contribution >= 4 is 5.97 Å². The zero-order valence-corrected chi connectivity index (χ0v) is 12.8. The first-order valence-electron chi connectivity index (χ1n) is 7.08. The fourth-order valence-corrected chi connectivity index (χ4v) is 2.02. The van der Waals surface area contributed by atoms with Crippen LogP contribution in [0.4, 0.5) is 0 Å². The Morgan fingerprint density at radius 3 is 2.39 bits per heavy atom. The molecule has 1 unspecified atom stereocenters. The number of hydrogen-bond donors (Lipinski definition) is 0. The largest absolute Gasteiger partial charge is 0.463 e. The van der Waals surface area contributed by atoms with E-state index in [4.69, 9.17) is 9.47 Å². The molecule has 0 aliphatic carbocycles. The highest BCUT2D eigenvalue weighted by molar-refractivity contribution is 5.69. The molecule has 0 saturated heterocycles. The SMILES string of the molecule is CCCCOCCOC(=O)CC(C)CC(C)(C)C. The van der Waals surface area contributed by atoms with Crippen LogP contribution < -0.4 is 0 Å². The maximum Gasteiger partial charge on any atom is 0.306 e. The summed E-state index contributed by atoms with van der Waals surface area (Å²) in [7, 11) is 0. The van der Waals surface area contributed by atoms with Gasteiger partial charge in [0, 0.05) is 13.0 Å². The van der Waals surface area contributed by atoms with Crippen molar-refractivity contribution in [3.8, 4) is 0 Å². The molecule has 3 heteroatoms. The zero-order valence-electron chi connectivity index (χ0n) is 12.8. The molecule has 18 heavy (non-hydrogen) atoms. The van der Waals surface area contributed by atoms with Gasteiger partial charge in [0.25, 0.3) is 0 Å². The second-order valence-electron chi connectivity index (χ2n) is 6.26. The smallest absolute Gasteiger partial charge is 0.306 e. The van der Waals surface area contributed by atoms with Crippen molar-refractivity contribution in [3.63, 3.8) is 0 Å². The molecule has 0 amide bonds. The molecule has 0 radical (unpaired) electrons. The first kappa shape index (κ1) is 17.4. The topological polar surface area (TPSA) is 35.5 Å². The first-order valence-corrected chi connectivity index (χ1v) is 7.08. The number of rotatable bonds is 9. The lowest BCUT2D eigenvalue weighted by atomic mass is 9.84. The van der Waals surface area contributed by atoms with Crippen LogP contribution in [0, 0.1) is 11.3 Å². The van der Waals surface area contributed by atoms with Gasteiger partial charge < -0.3 is 9.47 Å². The fraction of sp³-hybridized carbons (Fsp3) is 0.933. The molecule has 0 rings (SSSR count). The van der Waals surface area contributed by atoms with E-state index in [1.165, 1.54) is 0 Å². The number of carbonyl (C=O) groups excluding carboxylic acids is 1. The van der Waals surface area contributed by atoms with Crippen LogP contribution in [0.5, 0.6) is 0 Å². The van der Waals surface area contributed by atoms with E-state index in [1.54, 1.807) is 0 Å². The number of unbranched alkanes of at least 4 members (excludes halogenated alkanes) is 1. The van der Waals surface area contributed by atoms with Gasteiger partial charge in [-0.15, -0.1) is 0 Å². The Labute approximate surface area is 112 Å². The first-order chi connectivity index (χ1) is 8.35. The zero-order chi connectivity index (χ0) is 14.0. The van der Waals surface area contributed by atoms with Crippen molar-refractivity contribution in [1.29, 1.82) is 0 Å². The van der Waals surface area contributed by atoms with E-state index in [-0.39, 0.29) is 11.4 Å². The molecule has 3 nitrogen and oxygen atoms in total. The van der Waals surface area contributed by atoms with E-state index >= 15 is 0 Å². The van der Waals surface area contributed by atoms with Gasteiger partial charge in [-0.1, -0.05) is 41.0 Å². The highest BCUT2D eigenvalue weighted by Gasteiger charge is 2.18. The minimum absolute atomic E-state index is 0.106. The third-order valence-electron chi connectivity index (χ3n) is 2.61. The standard InChI is InChI=1S/C15H30O3/c1-6-7-8-17-9-10-18-14(16)11-13(2)12-15(3,4)5/h13H,6-12H2,1-5H3. The Morgan fingerprint density at radius 2 is 1.83 bits per heavy atom. The fourth-order valence-electron chi connectivity index (χ4n) is 2.02. The van der Waals surface area contributed by atoms with Gasteiger partial charge in [0.2, 0.25) is 0 Å². The van der Waals surface area contributed by atoms with Crippen LogP contribution in [0.3, 0.4) is 0 Å². The van der Waals surface area contributed by atoms with E-state index in [0.717, 1.165) is 25.9 Å². The minimum Gasteiger partial charge on any atom is -0.463 e. The van der Waals surface area contributed by atoms with Gasteiger partial charge in [-0.25, -0.2) is 0 Å². The lowest BCUT2D eigenvalue weighted by Crippen LogP contribution is -2.17. The van der Waals surface area contributed by atoms with Crippen LogP contribution >= 0.6 is 0 Å². The van der Waals surface area contributed by atoms with E-state index in [1.807, 2.05) is 0 Å². The van der Waals surface area contributed by atoms with E-state index in [0.29, 0.717) is 25.6 Å². The molecular weight excluding hydrogens is 228 g/mol. The molecule has 0 spiro atoms. The number of carbonyl (C=O) groups is 1. The molecular formula is C15H30O3. The monoisotopic (exact) mass is 258 g/mol. The summed E-state index contributed by atoms with van der Waals surface area (Å²) in [6, 6.07) is 0. The van der Waals surface area contributed by atoms with Crippen LogP contribution in [0.1, 0.15) is 60.3 Å². The number of ether oxygens (including phenoxy) is 2. The Hall–Kier alpha value is -0.570. The lowest BCUT2D eigenvalue weighted by Gasteiger charge is -2.22. The van der Waals surface area contributed by atoms with Gasteiger partial charge in [-0.05, 0) is 24.2 Å². The summed E-state index contributed by atoms with van der Waals surface area (Å²) >= 11 is 0. The second kappa shape index (κ2) is 9.37. The van der Waals surface area contributed by atoms with Crippen molar-refractivity contribution < 1.29 is 14.3 Å². The molecule has 0 aromatic carbocycles. The molecule has 0 aromatic rings. The third kappa shape index (κ3) is 11.9. The van der Waals surface area contributed by atoms with Gasteiger partial charge in [0.1, 0.15) is 6.61 Å². The van der Waals surface area contributed by atoms with Crippen molar-refractivity contribution in [3.05, 3.63) is 0 Å². The Kier molecular flexibility index (Phi) is 9.08. The van der Waals surface area contributed by atoms with Crippen molar-refractivity contribution in [2.75, 3.05) is 19.8 Å². The average Bonchev–Trinajstić information content (AvgIpc) is 2.20. The minimum atomic E-state index is -0.106. The quantitative estimate of drug-likeness (QED) is 0.466. The van der Waals surface area contributed by atoms with E-state index < -0.39 is 0 Å². The molecule has 0 aliphatic rings. The second-order valence-corrected chi connectivity index (χ2v) is 6.26. The molecule has 0 aliphatic heterocycles. The van der Waals surface area contributed by atoms with Crippen molar-refractivity contribution in [1.82, 2.24) is 0 Å². The maximum atomic E-state index is 11.6. The Balaban J connectivity index is 3.53. The molecule has 0 bridgehead atoms. The van der Waals surface area contributed by atoms with E-state index in [2.05, 4.69) is 34.6 Å². The number of esters is 1. The molecule has 1 atom stereocenters. The summed E-state index contributed by atoms with van der Waals surface area (Å²) in [5.41, 5.74) is 0.267. The molecule has 0 fully saturated rings. The lowest BCUT2D eigenvalue weighted by molar-refractivity contribution is -0.146. The van der Waals surface area contributed by atoms with Gasteiger partial charge >= 0.3 is 5.97 Å². The van der Waals surface area contributed by atoms with Crippen molar-refractivity contribution in [2.24, 2.45) is 11.3 Å². The molecule has 108 valence electrons. The third-order valence-corrected chi connectivity index (χ3v) is 2.61. The molecule has 0 aromatic heterocycles. The van der Waals surface area contributed by atoms with Crippen LogP contribution in [0.25, 0.3) is 0 Å². The van der Waals surface area contributed by atoms with Crippen LogP contribution in [0.2, 0.25) is 0 Å². The maximum absolute atomic E-state index is 11.6. The summed E-state index contributed by atoms with van der Waals surface area (Å²) in [6.07, 6.45) is 3.74. The van der Waals surface area contributed by atoms with Gasteiger partial charge in [-0.3, -0.25) is 4.79 Å². The van der Waals surface area contributed by atoms with E-state index in [9.17, 15) is 4.79 Å². The summed E-state index contributed by atoms with van der Waals surface area (Å²) < 4.78 is 10.5. The van der Waals surface area contributed by atoms with Crippen molar-refractivity contribution in [2.45, 2.75) is 60.3 Å². The van der Waals surface area contributed by atoms with Crippen LogP contribution in [-0.2, 0) is 14.3 Å². The average molecular weight is 258 g/mol. The van der Waals surface area contributed by atoms with Gasteiger partial charge in [0.15, 0.2) is 0 Å². The Morgan fingerprint density at radius 1 is 1.17 bits per heavy atom. The summed E-state index contributed by atoms with van der Waals surface area (Å²) in [5, 5.41) is 0. The summed E-state index contributed by atoms with van der Waals surface area (Å²) in [4.78, 5) is 11.6. The van der Waals surface area contributed by atoms with Gasteiger partial charge in [0.05, 0.1) is 6.61 Å². The predicted octanol–water partition coefficient (Wildman–Crippen LogP) is 3.81. The molecule has 0 saturated carbocycles. The molecule has 0 N–H and O–H groups in total. The molecule has 0 heterocycles. The Bertz CT molecular complexity index is 218. The summed E-state index contributed by atoms with van der Waals surface area (Å²) in [6.45, 7) is 12.5. The number of hydrogen-bond acceptors (Lipinski definition) is 3. The van der Waals surface area contributed by atoms with Gasteiger partial charge in [-0.2, -0.15) is 0 Å². The highest BCUT2D eigenvalue weighted by atomic mass is 16.6. The summed E-state index contributed by atoms with van der Waals surface area (Å²) in [5.74, 6) is 0.268. The van der Waals surface area contributed by atoms with Crippen LogP contribution in [0.15, 0.2) is 0 Å². The van der Waals surface area contributed by atoms with Crippen LogP contribution in [-0.4, -0.2) is 25.8 Å². The predicted molar refractivity (Wildman–Crippen MR) is 74.5 cm³/mol. The normalized spacial score (nSPS) is 13.4.